The number of benzene rings is 3. The van der Waals surface area contributed by atoms with Crippen molar-refractivity contribution in [1.82, 2.24) is 0 Å². The van der Waals surface area contributed by atoms with Gasteiger partial charge in [0, 0.05) is 0 Å². The predicted octanol–water partition coefficient (Wildman–Crippen LogP) is 4.31. The lowest BCUT2D eigenvalue weighted by Crippen LogP contribution is -3.00. The van der Waals surface area contributed by atoms with Crippen molar-refractivity contribution in [2.24, 2.45) is 0 Å². The Kier molecular flexibility index (Phi) is 9.76. The van der Waals surface area contributed by atoms with Crippen LogP contribution in [0.5, 0.6) is 0 Å². The molecule has 0 nitrogen and oxygen atoms in total. The minimum Gasteiger partial charge on any atom is -1.00 e. The van der Waals surface area contributed by atoms with Gasteiger partial charge in [-0.05, 0) is 58.7 Å². The molecular formula is C28H32BrP. The van der Waals surface area contributed by atoms with Crippen molar-refractivity contribution in [1.29, 1.82) is 0 Å². The van der Waals surface area contributed by atoms with Gasteiger partial charge in [0.15, 0.2) is 0 Å². The van der Waals surface area contributed by atoms with Crippen molar-refractivity contribution in [3.05, 3.63) is 131 Å². The van der Waals surface area contributed by atoms with Gasteiger partial charge in [0.2, 0.25) is 0 Å². The molecule has 0 saturated carbocycles. The number of hydrogen-bond acceptors (Lipinski definition) is 0. The van der Waals surface area contributed by atoms with Gasteiger partial charge in [-0.1, -0.05) is 108 Å². The van der Waals surface area contributed by atoms with Gasteiger partial charge in [-0.3, -0.25) is 0 Å². The van der Waals surface area contributed by atoms with E-state index in [0.717, 1.165) is 19.0 Å². The molecule has 0 radical (unpaired) electrons. The normalized spacial score (nSPS) is 12.5. The second-order valence-electron chi connectivity index (χ2n) is 7.61. The molecule has 2 heteroatoms. The Balaban J connectivity index is 0.00000320. The quantitative estimate of drug-likeness (QED) is 0.257. The average Bonchev–Trinajstić information content (AvgIpc) is 2.77. The van der Waals surface area contributed by atoms with E-state index in [-0.39, 0.29) is 22.4 Å². The van der Waals surface area contributed by atoms with E-state index >= 15 is 0 Å². The molecule has 156 valence electrons. The van der Waals surface area contributed by atoms with E-state index in [9.17, 15) is 0 Å². The summed E-state index contributed by atoms with van der Waals surface area (Å²) < 4.78 is 0. The molecule has 0 aliphatic heterocycles. The van der Waals surface area contributed by atoms with E-state index in [4.69, 9.17) is 0 Å². The monoisotopic (exact) mass is 478 g/mol. The maximum atomic E-state index is 2.45. The van der Waals surface area contributed by atoms with Crippen LogP contribution in [0.1, 0.15) is 43.4 Å². The van der Waals surface area contributed by atoms with Crippen LogP contribution in [-0.4, -0.2) is 6.16 Å². The molecule has 0 amide bonds. The molecular weight excluding hydrogens is 447 g/mol. The van der Waals surface area contributed by atoms with Gasteiger partial charge in [0.25, 0.3) is 0 Å². The molecule has 1 atom stereocenters. The minimum atomic E-state index is -0.284. The lowest BCUT2D eigenvalue weighted by molar-refractivity contribution is -0.00000580. The van der Waals surface area contributed by atoms with E-state index in [1.807, 2.05) is 9.24 Å². The van der Waals surface area contributed by atoms with Gasteiger partial charge in [-0.25, -0.2) is 0 Å². The summed E-state index contributed by atoms with van der Waals surface area (Å²) in [7, 11) is 2.01. The van der Waals surface area contributed by atoms with E-state index in [1.54, 1.807) is 0 Å². The molecule has 1 unspecified atom stereocenters. The van der Waals surface area contributed by atoms with E-state index in [0.29, 0.717) is 0 Å². The number of allylic oxidation sites excluding steroid dienone is 4. The Morgan fingerprint density at radius 1 is 0.700 bits per heavy atom. The van der Waals surface area contributed by atoms with Gasteiger partial charge < -0.3 is 17.0 Å². The van der Waals surface area contributed by atoms with Crippen molar-refractivity contribution in [2.75, 3.05) is 6.16 Å². The fraction of sp³-hybridized carbons (Fsp3) is 0.214. The van der Waals surface area contributed by atoms with Crippen molar-refractivity contribution < 1.29 is 17.0 Å². The molecule has 0 heterocycles. The molecule has 3 aromatic rings. The van der Waals surface area contributed by atoms with Crippen LogP contribution in [0.25, 0.3) is 0 Å². The molecule has 0 bridgehead atoms. The van der Waals surface area contributed by atoms with E-state index < -0.39 is 0 Å². The zero-order valence-electron chi connectivity index (χ0n) is 18.0. The van der Waals surface area contributed by atoms with Crippen LogP contribution in [-0.2, 0) is 5.41 Å². The Morgan fingerprint density at radius 2 is 1.10 bits per heavy atom. The first-order valence-corrected chi connectivity index (χ1v) is 11.5. The van der Waals surface area contributed by atoms with Crippen molar-refractivity contribution in [3.8, 4) is 0 Å². The summed E-state index contributed by atoms with van der Waals surface area (Å²) in [6.45, 7) is 4.54. The highest BCUT2D eigenvalue weighted by molar-refractivity contribution is 7.16. The Labute approximate surface area is 195 Å². The van der Waals surface area contributed by atoms with Crippen LogP contribution in [0.3, 0.4) is 0 Å². The lowest BCUT2D eigenvalue weighted by Gasteiger charge is -2.37. The highest BCUT2D eigenvalue weighted by Crippen LogP contribution is 2.45. The maximum absolute atomic E-state index is 2.45. The van der Waals surface area contributed by atoms with Gasteiger partial charge in [0.05, 0.1) is 11.6 Å². The molecule has 3 aromatic carbocycles. The van der Waals surface area contributed by atoms with Gasteiger partial charge in [0.1, 0.15) is 0 Å². The topological polar surface area (TPSA) is 0 Å². The Bertz CT molecular complexity index is 847. The van der Waals surface area contributed by atoms with Gasteiger partial charge >= 0.3 is 0 Å². The SMILES string of the molecule is C/C(=C\C[PH3+])CC/C=C(\C)C(c1ccccc1)(c1ccccc1)c1ccccc1.[Br-]. The summed E-state index contributed by atoms with van der Waals surface area (Å²) in [5, 5.41) is 0. The first-order valence-electron chi connectivity index (χ1n) is 10.5. The fourth-order valence-corrected chi connectivity index (χ4v) is 4.76. The first-order chi connectivity index (χ1) is 14.2. The summed E-state index contributed by atoms with van der Waals surface area (Å²) in [6.07, 6.45) is 8.11. The van der Waals surface area contributed by atoms with E-state index in [2.05, 4.69) is 117 Å². The third-order valence-corrected chi connectivity index (χ3v) is 5.98. The maximum Gasteiger partial charge on any atom is 0.0707 e. The highest BCUT2D eigenvalue weighted by atomic mass is 79.9. The number of halogens is 1. The van der Waals surface area contributed by atoms with Crippen LogP contribution in [0, 0.1) is 0 Å². The largest absolute Gasteiger partial charge is 1.00 e. The first kappa shape index (κ1) is 24.3. The summed E-state index contributed by atoms with van der Waals surface area (Å²) in [4.78, 5) is 0. The second-order valence-corrected chi connectivity index (χ2v) is 8.19. The predicted molar refractivity (Wildman–Crippen MR) is 132 cm³/mol. The Morgan fingerprint density at radius 3 is 1.47 bits per heavy atom. The van der Waals surface area contributed by atoms with Crippen LogP contribution >= 0.6 is 9.24 Å². The molecule has 0 aromatic heterocycles. The van der Waals surface area contributed by atoms with Crippen LogP contribution < -0.4 is 17.0 Å². The van der Waals surface area contributed by atoms with Crippen molar-refractivity contribution in [3.63, 3.8) is 0 Å². The third kappa shape index (κ3) is 5.39. The zero-order valence-corrected chi connectivity index (χ0v) is 21.0. The second kappa shape index (κ2) is 12.0. The standard InChI is InChI=1S/C28H31P.BrH/c1-23(21-22-29)13-12-14-24(2)28(25-15-6-3-7-16-25,26-17-8-4-9-18-26)27-19-10-5-11-20-27;/h3-11,14-21H,12-13,22,29H2,1-2H3;1H/b23-21+,24-14+;. The molecule has 0 saturated heterocycles. The van der Waals surface area contributed by atoms with Gasteiger partial charge in [-0.15, -0.1) is 0 Å². The van der Waals surface area contributed by atoms with Crippen LogP contribution in [0.15, 0.2) is 114 Å². The lowest BCUT2D eigenvalue weighted by atomic mass is 9.65. The number of rotatable bonds is 8. The molecule has 30 heavy (non-hydrogen) atoms. The summed E-state index contributed by atoms with van der Waals surface area (Å²) in [5.41, 5.74) is 6.52. The zero-order chi connectivity index (χ0) is 20.5. The van der Waals surface area contributed by atoms with Gasteiger partial charge in [-0.2, -0.15) is 0 Å². The molecule has 0 spiro atoms. The average molecular weight is 479 g/mol. The van der Waals surface area contributed by atoms with E-state index in [1.165, 1.54) is 27.8 Å². The smallest absolute Gasteiger partial charge is 0.0707 e. The van der Waals surface area contributed by atoms with Crippen molar-refractivity contribution >= 4 is 9.24 Å². The summed E-state index contributed by atoms with van der Waals surface area (Å²) in [5.74, 6) is 0. The fourth-order valence-electron chi connectivity index (χ4n) is 4.27. The highest BCUT2D eigenvalue weighted by Gasteiger charge is 2.37. The minimum absolute atomic E-state index is 0. The molecule has 0 aliphatic carbocycles. The molecule has 0 N–H and O–H groups in total. The molecule has 0 fully saturated rings. The summed E-state index contributed by atoms with van der Waals surface area (Å²) in [6, 6.07) is 32.8. The summed E-state index contributed by atoms with van der Waals surface area (Å²) >= 11 is 0. The Hall–Kier alpha value is -1.95. The molecule has 3 rings (SSSR count). The molecule has 0 aliphatic rings. The van der Waals surface area contributed by atoms with Crippen molar-refractivity contribution in [2.45, 2.75) is 32.1 Å². The van der Waals surface area contributed by atoms with Crippen LogP contribution in [0.4, 0.5) is 0 Å². The number of hydrogen-bond donors (Lipinski definition) is 0. The third-order valence-electron chi connectivity index (χ3n) is 5.69. The van der Waals surface area contributed by atoms with Crippen LogP contribution in [0.2, 0.25) is 0 Å².